The first-order valence-electron chi connectivity index (χ1n) is 7.97. The molecule has 0 aliphatic carbocycles. The molecule has 0 saturated heterocycles. The van der Waals surface area contributed by atoms with Gasteiger partial charge in [-0.05, 0) is 37.6 Å². The first-order chi connectivity index (χ1) is 12.0. The summed E-state index contributed by atoms with van der Waals surface area (Å²) in [5.74, 6) is 0.475. The first-order valence-corrected chi connectivity index (χ1v) is 8.35. The second-order valence-electron chi connectivity index (χ2n) is 6.19. The maximum Gasteiger partial charge on any atom is 0.138 e. The van der Waals surface area contributed by atoms with Crippen LogP contribution in [0.4, 0.5) is 5.82 Å². The van der Waals surface area contributed by atoms with Crippen molar-refractivity contribution < 1.29 is 0 Å². The van der Waals surface area contributed by atoms with Crippen LogP contribution in [0.15, 0.2) is 43.0 Å². The highest BCUT2D eigenvalue weighted by Crippen LogP contribution is 2.34. The van der Waals surface area contributed by atoms with Crippen molar-refractivity contribution in [1.29, 1.82) is 0 Å². The van der Waals surface area contributed by atoms with Gasteiger partial charge in [0, 0.05) is 47.3 Å². The maximum atomic E-state index is 6.24. The highest BCUT2D eigenvalue weighted by molar-refractivity contribution is 6.35. The molecule has 7 heteroatoms. The Kier molecular flexibility index (Phi) is 3.69. The Hall–Kier alpha value is -2.86. The Morgan fingerprint density at radius 3 is 2.80 bits per heavy atom. The number of nitrogens with two attached hydrogens (primary N) is 1. The lowest BCUT2D eigenvalue weighted by atomic mass is 10.0. The Bertz CT molecular complexity index is 1060. The largest absolute Gasteiger partial charge is 0.384 e. The van der Waals surface area contributed by atoms with Gasteiger partial charge in [-0.25, -0.2) is 9.97 Å². The van der Waals surface area contributed by atoms with E-state index in [1.165, 1.54) is 0 Å². The monoisotopic (exact) mass is 352 g/mol. The number of fused-ring (bicyclic) bond motifs is 1. The fraction of sp³-hybridized carbons (Fsp3) is 0.167. The summed E-state index contributed by atoms with van der Waals surface area (Å²) in [4.78, 5) is 11.6. The summed E-state index contributed by atoms with van der Waals surface area (Å²) in [6, 6.07) is 6.01. The fourth-order valence-electron chi connectivity index (χ4n) is 2.80. The van der Waals surface area contributed by atoms with Gasteiger partial charge in [-0.2, -0.15) is 5.10 Å². The number of pyridine rings is 2. The van der Waals surface area contributed by atoms with Gasteiger partial charge < -0.3 is 10.7 Å². The maximum absolute atomic E-state index is 6.24. The van der Waals surface area contributed by atoms with Gasteiger partial charge in [0.1, 0.15) is 17.2 Å². The number of aromatic nitrogens is 5. The highest BCUT2D eigenvalue weighted by atomic mass is 35.5. The third-order valence-electron chi connectivity index (χ3n) is 4.11. The van der Waals surface area contributed by atoms with Crippen LogP contribution in [0.25, 0.3) is 33.4 Å². The molecule has 25 heavy (non-hydrogen) atoms. The second-order valence-corrected chi connectivity index (χ2v) is 6.60. The number of hydrogen-bond donors (Lipinski definition) is 2. The number of nitrogens with one attached hydrogen (secondary N) is 1. The molecule has 0 aromatic carbocycles. The number of H-pyrrole nitrogens is 1. The van der Waals surface area contributed by atoms with E-state index in [4.69, 9.17) is 22.4 Å². The third-order valence-corrected chi connectivity index (χ3v) is 4.42. The molecule has 0 aliphatic heterocycles. The van der Waals surface area contributed by atoms with Crippen LogP contribution in [0.3, 0.4) is 0 Å². The first kappa shape index (κ1) is 15.7. The predicted octanol–water partition coefficient (Wildman–Crippen LogP) is 4.30. The number of hydrogen-bond acceptors (Lipinski definition) is 4. The van der Waals surface area contributed by atoms with E-state index < -0.39 is 0 Å². The normalized spacial score (nSPS) is 11.5. The van der Waals surface area contributed by atoms with Gasteiger partial charge in [0.25, 0.3) is 0 Å². The lowest BCUT2D eigenvalue weighted by molar-refractivity contribution is 0.534. The van der Waals surface area contributed by atoms with E-state index in [0.717, 1.165) is 33.4 Å². The third kappa shape index (κ3) is 2.74. The average molecular weight is 353 g/mol. The zero-order chi connectivity index (χ0) is 17.6. The molecule has 0 aliphatic rings. The van der Waals surface area contributed by atoms with Crippen LogP contribution in [-0.2, 0) is 0 Å². The number of nitrogen functional groups attached to an aromatic ring is 1. The molecule has 4 aromatic rings. The molecule has 6 nitrogen and oxygen atoms in total. The van der Waals surface area contributed by atoms with Gasteiger partial charge in [0.15, 0.2) is 0 Å². The van der Waals surface area contributed by atoms with Gasteiger partial charge in [-0.3, -0.25) is 4.68 Å². The quantitative estimate of drug-likeness (QED) is 0.575. The van der Waals surface area contributed by atoms with Crippen molar-refractivity contribution in [2.75, 3.05) is 5.73 Å². The van der Waals surface area contributed by atoms with Crippen LogP contribution in [0.5, 0.6) is 0 Å². The molecule has 4 rings (SSSR count). The van der Waals surface area contributed by atoms with Gasteiger partial charge in [0.2, 0.25) is 0 Å². The molecule has 4 heterocycles. The lowest BCUT2D eigenvalue weighted by Crippen LogP contribution is -2.00. The zero-order valence-electron chi connectivity index (χ0n) is 13.9. The van der Waals surface area contributed by atoms with E-state index in [9.17, 15) is 0 Å². The Labute approximate surface area is 149 Å². The molecule has 0 spiro atoms. The smallest absolute Gasteiger partial charge is 0.138 e. The molecule has 126 valence electrons. The van der Waals surface area contributed by atoms with Crippen LogP contribution in [0.1, 0.15) is 19.9 Å². The Morgan fingerprint density at radius 1 is 1.20 bits per heavy atom. The molecule has 0 fully saturated rings. The van der Waals surface area contributed by atoms with E-state index in [0.29, 0.717) is 10.8 Å². The number of rotatable bonds is 3. The molecule has 0 atom stereocenters. The van der Waals surface area contributed by atoms with Crippen molar-refractivity contribution in [3.8, 4) is 22.4 Å². The van der Waals surface area contributed by atoms with E-state index in [1.54, 1.807) is 18.6 Å². The van der Waals surface area contributed by atoms with Crippen molar-refractivity contribution in [2.24, 2.45) is 0 Å². The second kappa shape index (κ2) is 5.89. The Morgan fingerprint density at radius 2 is 2.04 bits per heavy atom. The molecule has 0 saturated carbocycles. The lowest BCUT2D eigenvalue weighted by Gasteiger charge is -2.04. The van der Waals surface area contributed by atoms with Crippen molar-refractivity contribution in [3.05, 3.63) is 48.0 Å². The van der Waals surface area contributed by atoms with Crippen LogP contribution in [0, 0.1) is 0 Å². The summed E-state index contributed by atoms with van der Waals surface area (Å²) in [5.41, 5.74) is 10.3. The number of aromatic amines is 1. The summed E-state index contributed by atoms with van der Waals surface area (Å²) in [6.07, 6.45) is 7.26. The van der Waals surface area contributed by atoms with E-state index in [2.05, 4.69) is 28.8 Å². The van der Waals surface area contributed by atoms with Gasteiger partial charge in [-0.15, -0.1) is 0 Å². The summed E-state index contributed by atoms with van der Waals surface area (Å²) >= 11 is 6.24. The molecule has 0 unspecified atom stereocenters. The van der Waals surface area contributed by atoms with Gasteiger partial charge >= 0.3 is 0 Å². The summed E-state index contributed by atoms with van der Waals surface area (Å²) < 4.78 is 1.93. The Balaban J connectivity index is 1.94. The van der Waals surface area contributed by atoms with Crippen LogP contribution in [0.2, 0.25) is 5.02 Å². The summed E-state index contributed by atoms with van der Waals surface area (Å²) in [6.45, 7) is 4.18. The van der Waals surface area contributed by atoms with E-state index >= 15 is 0 Å². The van der Waals surface area contributed by atoms with Crippen molar-refractivity contribution in [2.45, 2.75) is 19.9 Å². The van der Waals surface area contributed by atoms with E-state index in [-0.39, 0.29) is 6.04 Å². The van der Waals surface area contributed by atoms with Crippen LogP contribution < -0.4 is 5.73 Å². The van der Waals surface area contributed by atoms with Crippen LogP contribution >= 0.6 is 11.6 Å². The van der Waals surface area contributed by atoms with Gasteiger partial charge in [0.05, 0.1) is 5.02 Å². The van der Waals surface area contributed by atoms with Crippen molar-refractivity contribution >= 4 is 28.5 Å². The SMILES string of the molecule is CC(C)n1cc(-c2ccnc(N)c2)c(-c2cnc3[nH]cc(Cl)c3c2)n1. The number of anilines is 1. The fourth-order valence-corrected chi connectivity index (χ4v) is 3.00. The average Bonchev–Trinajstić information content (AvgIpc) is 3.19. The molecule has 0 radical (unpaired) electrons. The minimum Gasteiger partial charge on any atom is -0.384 e. The van der Waals surface area contributed by atoms with Gasteiger partial charge in [-0.1, -0.05) is 11.6 Å². The standard InChI is InChI=1S/C18H17ClN6/c1-10(2)25-9-14(11-3-4-21-16(20)6-11)17(24-25)12-5-13-15(19)8-23-18(13)22-7-12/h3-10H,1-2H3,(H2,20,21)(H,22,23). The van der Waals surface area contributed by atoms with E-state index in [1.807, 2.05) is 29.1 Å². The van der Waals surface area contributed by atoms with Crippen LogP contribution in [-0.4, -0.2) is 24.7 Å². The van der Waals surface area contributed by atoms with Crippen molar-refractivity contribution in [3.63, 3.8) is 0 Å². The number of halogens is 1. The molecule has 3 N–H and O–H groups in total. The van der Waals surface area contributed by atoms with Crippen molar-refractivity contribution in [1.82, 2.24) is 24.7 Å². The molecule has 0 bridgehead atoms. The summed E-state index contributed by atoms with van der Waals surface area (Å²) in [7, 11) is 0. The molecule has 0 amide bonds. The number of nitrogens with zero attached hydrogens (tertiary/aromatic N) is 4. The molecule has 4 aromatic heterocycles. The summed E-state index contributed by atoms with van der Waals surface area (Å²) in [5, 5.41) is 6.28. The highest BCUT2D eigenvalue weighted by Gasteiger charge is 2.16. The molecular formula is C18H17ClN6. The minimum absolute atomic E-state index is 0.235. The predicted molar refractivity (Wildman–Crippen MR) is 100 cm³/mol. The zero-order valence-corrected chi connectivity index (χ0v) is 14.6. The topological polar surface area (TPSA) is 85.4 Å². The minimum atomic E-state index is 0.235. The molecular weight excluding hydrogens is 336 g/mol.